The van der Waals surface area contributed by atoms with E-state index in [1.807, 2.05) is 74.5 Å². The van der Waals surface area contributed by atoms with E-state index in [0.29, 0.717) is 23.3 Å². The summed E-state index contributed by atoms with van der Waals surface area (Å²) in [6, 6.07) is 15.8. The van der Waals surface area contributed by atoms with Crippen LogP contribution in [0.3, 0.4) is 0 Å². The van der Waals surface area contributed by atoms with E-state index in [9.17, 15) is 0 Å². The van der Waals surface area contributed by atoms with Crippen molar-refractivity contribution in [1.82, 2.24) is 0 Å². The van der Waals surface area contributed by atoms with Gasteiger partial charge in [-0.05, 0) is 82.9 Å². The maximum atomic E-state index is 6.36. The summed E-state index contributed by atoms with van der Waals surface area (Å²) >= 11 is 12.7. The number of hydrogen-bond acceptors (Lipinski definition) is 2. The van der Waals surface area contributed by atoms with Crippen molar-refractivity contribution in [2.75, 3.05) is 13.2 Å². The minimum atomic E-state index is 0.529. The summed E-state index contributed by atoms with van der Waals surface area (Å²) in [5.41, 5.74) is 3.83. The van der Waals surface area contributed by atoms with Crippen molar-refractivity contribution in [2.45, 2.75) is 13.8 Å². The van der Waals surface area contributed by atoms with Crippen LogP contribution in [0.1, 0.15) is 25.0 Å². The molecule has 0 bridgehead atoms. The molecule has 4 aromatic carbocycles. The monoisotopic (exact) mass is 462 g/mol. The molecule has 0 fully saturated rings. The Labute approximate surface area is 198 Å². The van der Waals surface area contributed by atoms with Crippen molar-refractivity contribution in [3.63, 3.8) is 0 Å². The summed E-state index contributed by atoms with van der Waals surface area (Å²) in [5, 5.41) is 5.36. The molecule has 4 rings (SSSR count). The van der Waals surface area contributed by atoms with E-state index in [1.54, 1.807) is 0 Å². The zero-order chi connectivity index (χ0) is 22.8. The van der Waals surface area contributed by atoms with Gasteiger partial charge in [-0.1, -0.05) is 60.6 Å². The molecule has 0 aliphatic carbocycles. The van der Waals surface area contributed by atoms with E-state index in [-0.39, 0.29) is 0 Å². The van der Waals surface area contributed by atoms with E-state index in [4.69, 9.17) is 32.7 Å². The highest BCUT2D eigenvalue weighted by atomic mass is 35.5. The van der Waals surface area contributed by atoms with E-state index >= 15 is 0 Å². The third kappa shape index (κ3) is 3.85. The summed E-state index contributed by atoms with van der Waals surface area (Å²) in [7, 11) is 0. The van der Waals surface area contributed by atoms with Gasteiger partial charge in [-0.3, -0.25) is 0 Å². The maximum absolute atomic E-state index is 6.36. The van der Waals surface area contributed by atoms with Gasteiger partial charge in [-0.15, -0.1) is 0 Å². The van der Waals surface area contributed by atoms with Crippen LogP contribution in [0, 0.1) is 0 Å². The third-order valence-corrected chi connectivity index (χ3v) is 5.95. The summed E-state index contributed by atoms with van der Waals surface area (Å²) in [5.74, 6) is 1.53. The Bertz CT molecular complexity index is 1250. The Kier molecular flexibility index (Phi) is 6.45. The number of fused-ring (bicyclic) bond motifs is 2. The SMILES string of the molecule is C=Cc1cc(OCC)c(-c2c(OCC)cc(C=C)c3cc(Cl)ccc23)c2ccc(Cl)cc12. The molecule has 0 aliphatic rings. The van der Waals surface area contributed by atoms with Gasteiger partial charge in [0.1, 0.15) is 11.5 Å². The number of halogens is 2. The fraction of sp³-hybridized carbons (Fsp3) is 0.143. The molecule has 4 heteroatoms. The normalized spacial score (nSPS) is 11.0. The van der Waals surface area contributed by atoms with Crippen LogP contribution < -0.4 is 9.47 Å². The summed E-state index contributed by atoms with van der Waals surface area (Å²) < 4.78 is 12.3. The largest absolute Gasteiger partial charge is 0.493 e. The molecule has 0 radical (unpaired) electrons. The van der Waals surface area contributed by atoms with Gasteiger partial charge >= 0.3 is 0 Å². The molecule has 4 aromatic rings. The van der Waals surface area contributed by atoms with Gasteiger partial charge in [0.25, 0.3) is 0 Å². The highest BCUT2D eigenvalue weighted by Gasteiger charge is 2.22. The van der Waals surface area contributed by atoms with Crippen molar-refractivity contribution in [3.05, 3.63) is 82.9 Å². The number of rotatable bonds is 7. The molecule has 0 aromatic heterocycles. The summed E-state index contributed by atoms with van der Waals surface area (Å²) in [6.07, 6.45) is 3.65. The average Bonchev–Trinajstić information content (AvgIpc) is 2.79. The predicted octanol–water partition coefficient (Wildman–Crippen LogP) is 9.05. The first-order chi connectivity index (χ1) is 15.5. The molecular formula is C28H24Cl2O2. The van der Waals surface area contributed by atoms with Crippen LogP contribution in [0.4, 0.5) is 0 Å². The molecular weight excluding hydrogens is 439 g/mol. The van der Waals surface area contributed by atoms with Crippen molar-refractivity contribution < 1.29 is 9.47 Å². The van der Waals surface area contributed by atoms with Gasteiger partial charge < -0.3 is 9.47 Å². The number of benzene rings is 4. The highest BCUT2D eigenvalue weighted by Crippen LogP contribution is 2.48. The smallest absolute Gasteiger partial charge is 0.128 e. The van der Waals surface area contributed by atoms with Crippen LogP contribution in [0.5, 0.6) is 11.5 Å². The molecule has 0 spiro atoms. The molecule has 0 heterocycles. The Hall–Kier alpha value is -2.94. The zero-order valence-electron chi connectivity index (χ0n) is 18.2. The molecule has 162 valence electrons. The Morgan fingerprint density at radius 3 is 1.41 bits per heavy atom. The van der Waals surface area contributed by atoms with Crippen molar-refractivity contribution in [2.24, 2.45) is 0 Å². The van der Waals surface area contributed by atoms with Crippen molar-refractivity contribution >= 4 is 56.9 Å². The van der Waals surface area contributed by atoms with Crippen molar-refractivity contribution in [3.8, 4) is 22.6 Å². The van der Waals surface area contributed by atoms with E-state index in [1.165, 1.54) is 0 Å². The van der Waals surface area contributed by atoms with Crippen LogP contribution in [-0.4, -0.2) is 13.2 Å². The quantitative estimate of drug-likeness (QED) is 0.272. The lowest BCUT2D eigenvalue weighted by Gasteiger charge is -2.21. The third-order valence-electron chi connectivity index (χ3n) is 5.48. The summed E-state index contributed by atoms with van der Waals surface area (Å²) in [6.45, 7) is 13.0. The second-order valence-electron chi connectivity index (χ2n) is 7.33. The fourth-order valence-electron chi connectivity index (χ4n) is 4.19. The Morgan fingerprint density at radius 1 is 0.656 bits per heavy atom. The van der Waals surface area contributed by atoms with E-state index in [2.05, 4.69) is 13.2 Å². The minimum absolute atomic E-state index is 0.529. The lowest BCUT2D eigenvalue weighted by Crippen LogP contribution is -2.01. The molecule has 0 unspecified atom stereocenters. The molecule has 32 heavy (non-hydrogen) atoms. The molecule has 0 aliphatic heterocycles. The lowest BCUT2D eigenvalue weighted by molar-refractivity contribution is 0.337. The topological polar surface area (TPSA) is 18.5 Å². The van der Waals surface area contributed by atoms with E-state index in [0.717, 1.165) is 55.3 Å². The molecule has 2 nitrogen and oxygen atoms in total. The number of ether oxygens (including phenoxy) is 2. The molecule has 0 saturated heterocycles. The van der Waals surface area contributed by atoms with Gasteiger partial charge in [-0.2, -0.15) is 0 Å². The van der Waals surface area contributed by atoms with Crippen LogP contribution >= 0.6 is 23.2 Å². The molecule has 0 atom stereocenters. The van der Waals surface area contributed by atoms with Crippen LogP contribution in [0.25, 0.3) is 44.8 Å². The van der Waals surface area contributed by atoms with Gasteiger partial charge in [0.15, 0.2) is 0 Å². The number of hydrogen-bond donors (Lipinski definition) is 0. The second kappa shape index (κ2) is 9.28. The van der Waals surface area contributed by atoms with Crippen molar-refractivity contribution in [1.29, 1.82) is 0 Å². The van der Waals surface area contributed by atoms with E-state index < -0.39 is 0 Å². The van der Waals surface area contributed by atoms with Crippen LogP contribution in [-0.2, 0) is 0 Å². The Balaban J connectivity index is 2.24. The molecule has 0 N–H and O–H groups in total. The average molecular weight is 463 g/mol. The maximum Gasteiger partial charge on any atom is 0.128 e. The zero-order valence-corrected chi connectivity index (χ0v) is 19.7. The Morgan fingerprint density at radius 2 is 1.06 bits per heavy atom. The summed E-state index contributed by atoms with van der Waals surface area (Å²) in [4.78, 5) is 0. The van der Waals surface area contributed by atoms with Gasteiger partial charge in [0.05, 0.1) is 13.2 Å². The predicted molar refractivity (Wildman–Crippen MR) is 139 cm³/mol. The first-order valence-electron chi connectivity index (χ1n) is 10.6. The van der Waals surface area contributed by atoms with Gasteiger partial charge in [0, 0.05) is 21.2 Å². The van der Waals surface area contributed by atoms with Gasteiger partial charge in [0.2, 0.25) is 0 Å². The van der Waals surface area contributed by atoms with Crippen LogP contribution in [0.15, 0.2) is 61.7 Å². The second-order valence-corrected chi connectivity index (χ2v) is 8.20. The standard InChI is InChI=1S/C28H24Cl2O2/c1-5-17-13-25(31-7-3)27(21-11-9-19(29)15-23(17)21)28-22-12-10-20(30)16-24(22)18(6-2)14-26(28)32-8-4/h5-6,9-16H,1-2,7-8H2,3-4H3. The molecule has 0 amide bonds. The minimum Gasteiger partial charge on any atom is -0.493 e. The van der Waals surface area contributed by atoms with Gasteiger partial charge in [-0.25, -0.2) is 0 Å². The first-order valence-corrected chi connectivity index (χ1v) is 11.3. The van der Waals surface area contributed by atoms with Crippen LogP contribution in [0.2, 0.25) is 10.0 Å². The highest BCUT2D eigenvalue weighted by molar-refractivity contribution is 6.32. The fourth-order valence-corrected chi connectivity index (χ4v) is 4.53. The molecule has 0 saturated carbocycles. The lowest BCUT2D eigenvalue weighted by atomic mass is 9.88. The first kappa shape index (κ1) is 22.3.